The van der Waals surface area contributed by atoms with E-state index in [1.807, 2.05) is 0 Å². The summed E-state index contributed by atoms with van der Waals surface area (Å²) in [5.74, 6) is -0.490. The van der Waals surface area contributed by atoms with Crippen LogP contribution in [0.1, 0.15) is 45.6 Å². The minimum atomic E-state index is -0.621. The third-order valence-electron chi connectivity index (χ3n) is 4.99. The number of ether oxygens (including phenoxy) is 1. The first-order chi connectivity index (χ1) is 12.2. The van der Waals surface area contributed by atoms with Gasteiger partial charge < -0.3 is 10.1 Å². The van der Waals surface area contributed by atoms with Crippen molar-refractivity contribution in [3.05, 3.63) is 34.6 Å². The van der Waals surface area contributed by atoms with Crippen molar-refractivity contribution in [1.29, 1.82) is 0 Å². The Hall–Kier alpha value is -1.82. The Morgan fingerprint density at radius 3 is 2.69 bits per heavy atom. The van der Waals surface area contributed by atoms with E-state index in [2.05, 4.69) is 5.32 Å². The lowest BCUT2D eigenvalue weighted by molar-refractivity contribution is -0.126. The molecule has 142 valence electrons. The Morgan fingerprint density at radius 2 is 2.08 bits per heavy atom. The van der Waals surface area contributed by atoms with Crippen molar-refractivity contribution in [3.63, 3.8) is 0 Å². The largest absolute Gasteiger partial charge is 0.444 e. The van der Waals surface area contributed by atoms with Gasteiger partial charge in [-0.05, 0) is 52.0 Å². The molecule has 26 heavy (non-hydrogen) atoms. The Bertz CT molecular complexity index is 719. The number of hydrogen-bond acceptors (Lipinski definition) is 3. The zero-order valence-corrected chi connectivity index (χ0v) is 16.0. The summed E-state index contributed by atoms with van der Waals surface area (Å²) in [6, 6.07) is 4.15. The lowest BCUT2D eigenvalue weighted by Gasteiger charge is -2.37. The van der Waals surface area contributed by atoms with Crippen LogP contribution >= 0.6 is 11.6 Å². The normalized spacial score (nSPS) is 24.7. The molecule has 1 aromatic carbocycles. The third-order valence-corrected chi connectivity index (χ3v) is 5.28. The van der Waals surface area contributed by atoms with Gasteiger partial charge in [-0.2, -0.15) is 0 Å². The average Bonchev–Trinajstić information content (AvgIpc) is 2.78. The van der Waals surface area contributed by atoms with E-state index in [1.54, 1.807) is 37.8 Å². The summed E-state index contributed by atoms with van der Waals surface area (Å²) in [7, 11) is 0. The fourth-order valence-corrected chi connectivity index (χ4v) is 3.81. The van der Waals surface area contributed by atoms with Gasteiger partial charge in [0.05, 0.1) is 5.02 Å². The van der Waals surface area contributed by atoms with Crippen molar-refractivity contribution < 1.29 is 18.7 Å². The van der Waals surface area contributed by atoms with Crippen molar-refractivity contribution in [3.8, 4) is 0 Å². The molecule has 3 unspecified atom stereocenters. The zero-order valence-electron chi connectivity index (χ0n) is 15.2. The van der Waals surface area contributed by atoms with Crippen molar-refractivity contribution in [2.75, 3.05) is 0 Å². The van der Waals surface area contributed by atoms with Crippen LogP contribution in [0.15, 0.2) is 18.2 Å². The molecule has 0 bridgehead atoms. The fraction of sp³-hybridized carbons (Fsp3) is 0.579. The van der Waals surface area contributed by atoms with Crippen LogP contribution in [-0.2, 0) is 16.1 Å². The van der Waals surface area contributed by atoms with Gasteiger partial charge in [0, 0.05) is 18.2 Å². The molecule has 1 aromatic rings. The molecule has 2 aliphatic rings. The van der Waals surface area contributed by atoms with Gasteiger partial charge in [0.25, 0.3) is 0 Å². The van der Waals surface area contributed by atoms with E-state index in [0.29, 0.717) is 17.9 Å². The lowest BCUT2D eigenvalue weighted by atomic mass is 9.80. The third kappa shape index (κ3) is 3.80. The SMILES string of the molecule is CC(C)(C)OC(=O)N1C(C(=O)NCc2cccc(Cl)c2F)CC2CCC21. The molecule has 1 N–H and O–H groups in total. The number of benzene rings is 1. The Morgan fingerprint density at radius 1 is 1.35 bits per heavy atom. The number of nitrogens with zero attached hydrogens (tertiary/aromatic N) is 1. The van der Waals surface area contributed by atoms with Crippen molar-refractivity contribution in [2.45, 2.75) is 64.3 Å². The van der Waals surface area contributed by atoms with E-state index in [4.69, 9.17) is 16.3 Å². The molecule has 0 radical (unpaired) electrons. The molecule has 7 heteroatoms. The number of halogens is 2. The lowest BCUT2D eigenvalue weighted by Crippen LogP contribution is -2.52. The van der Waals surface area contributed by atoms with Crippen LogP contribution in [0, 0.1) is 11.7 Å². The highest BCUT2D eigenvalue weighted by atomic mass is 35.5. The molecule has 1 heterocycles. The number of likely N-dealkylation sites (tertiary alicyclic amines) is 1. The molecule has 1 saturated carbocycles. The number of carbonyl (C=O) groups is 2. The topological polar surface area (TPSA) is 58.6 Å². The van der Waals surface area contributed by atoms with Gasteiger partial charge in [-0.15, -0.1) is 0 Å². The molecular weight excluding hydrogens is 359 g/mol. The second-order valence-electron chi connectivity index (χ2n) is 7.97. The van der Waals surface area contributed by atoms with E-state index in [1.165, 1.54) is 6.07 Å². The average molecular weight is 383 g/mol. The molecule has 2 amide bonds. The monoisotopic (exact) mass is 382 g/mol. The van der Waals surface area contributed by atoms with Crippen molar-refractivity contribution >= 4 is 23.6 Å². The van der Waals surface area contributed by atoms with Gasteiger partial charge in [-0.1, -0.05) is 23.7 Å². The molecule has 1 aliphatic carbocycles. The van der Waals surface area contributed by atoms with Crippen LogP contribution < -0.4 is 5.32 Å². The van der Waals surface area contributed by atoms with Crippen LogP contribution in [0.25, 0.3) is 0 Å². The minimum Gasteiger partial charge on any atom is -0.444 e. The quantitative estimate of drug-likeness (QED) is 0.862. The summed E-state index contributed by atoms with van der Waals surface area (Å²) in [6.45, 7) is 5.43. The van der Waals surface area contributed by atoms with Crippen molar-refractivity contribution in [2.24, 2.45) is 5.92 Å². The highest BCUT2D eigenvalue weighted by molar-refractivity contribution is 6.30. The highest BCUT2D eigenvalue weighted by Gasteiger charge is 2.52. The maximum Gasteiger partial charge on any atom is 0.411 e. The van der Waals surface area contributed by atoms with Crippen LogP contribution in [0.5, 0.6) is 0 Å². The standard InChI is InChI=1S/C19H24ClFN2O3/c1-19(2,3)26-18(25)23-14-8-7-11(14)9-15(23)17(24)22-10-12-5-4-6-13(20)16(12)21/h4-6,11,14-15H,7-10H2,1-3H3,(H,22,24). The molecule has 0 spiro atoms. The summed E-state index contributed by atoms with van der Waals surface area (Å²) in [4.78, 5) is 26.9. The number of nitrogens with one attached hydrogen (secondary N) is 1. The fourth-order valence-electron chi connectivity index (χ4n) is 3.62. The number of rotatable bonds is 3. The molecule has 2 fully saturated rings. The summed E-state index contributed by atoms with van der Waals surface area (Å²) < 4.78 is 19.5. The molecule has 3 atom stereocenters. The molecule has 5 nitrogen and oxygen atoms in total. The molecule has 0 aromatic heterocycles. The van der Waals surface area contributed by atoms with Crippen LogP contribution in [0.2, 0.25) is 5.02 Å². The first-order valence-electron chi connectivity index (χ1n) is 8.89. The molecule has 3 rings (SSSR count). The van der Waals surface area contributed by atoms with E-state index in [9.17, 15) is 14.0 Å². The van der Waals surface area contributed by atoms with Gasteiger partial charge in [-0.25, -0.2) is 9.18 Å². The Labute approximate surface area is 157 Å². The summed E-state index contributed by atoms with van der Waals surface area (Å²) >= 11 is 5.77. The van der Waals surface area contributed by atoms with Crippen molar-refractivity contribution in [1.82, 2.24) is 10.2 Å². The number of carbonyl (C=O) groups excluding carboxylic acids is 2. The zero-order chi connectivity index (χ0) is 19.1. The molecule has 1 aliphatic heterocycles. The predicted octanol–water partition coefficient (Wildman–Crippen LogP) is 3.88. The van der Waals surface area contributed by atoms with Gasteiger partial charge in [0.2, 0.25) is 5.91 Å². The second kappa shape index (κ2) is 7.06. The Balaban J connectivity index is 1.68. The first kappa shape index (κ1) is 19.0. The maximum absolute atomic E-state index is 14.0. The number of fused-ring (bicyclic) bond motifs is 1. The van der Waals surface area contributed by atoms with Gasteiger partial charge >= 0.3 is 6.09 Å². The summed E-state index contributed by atoms with van der Waals surface area (Å²) in [5, 5.41) is 2.76. The van der Waals surface area contributed by atoms with Gasteiger partial charge in [0.1, 0.15) is 17.5 Å². The van der Waals surface area contributed by atoms with Crippen LogP contribution in [-0.4, -0.2) is 34.6 Å². The van der Waals surface area contributed by atoms with Gasteiger partial charge in [0.15, 0.2) is 0 Å². The first-order valence-corrected chi connectivity index (χ1v) is 9.27. The van der Waals surface area contributed by atoms with E-state index in [0.717, 1.165) is 12.8 Å². The van der Waals surface area contributed by atoms with Crippen LogP contribution in [0.3, 0.4) is 0 Å². The minimum absolute atomic E-state index is 0.0195. The van der Waals surface area contributed by atoms with E-state index < -0.39 is 23.6 Å². The molecule has 1 saturated heterocycles. The smallest absolute Gasteiger partial charge is 0.411 e. The second-order valence-corrected chi connectivity index (χ2v) is 8.38. The molecular formula is C19H24ClFN2O3. The number of amides is 2. The summed E-state index contributed by atoms with van der Waals surface area (Å²) in [5.41, 5.74) is -0.306. The van der Waals surface area contributed by atoms with Gasteiger partial charge in [-0.3, -0.25) is 9.69 Å². The summed E-state index contributed by atoms with van der Waals surface area (Å²) in [6.07, 6.45) is 2.06. The predicted molar refractivity (Wildman–Crippen MR) is 96.2 cm³/mol. The van der Waals surface area contributed by atoms with Crippen LogP contribution in [0.4, 0.5) is 9.18 Å². The highest BCUT2D eigenvalue weighted by Crippen LogP contribution is 2.44. The van der Waals surface area contributed by atoms with E-state index >= 15 is 0 Å². The Kier molecular flexibility index (Phi) is 5.15. The maximum atomic E-state index is 14.0. The number of hydrogen-bond donors (Lipinski definition) is 1. The van der Waals surface area contributed by atoms with E-state index in [-0.39, 0.29) is 23.5 Å².